The van der Waals surface area contributed by atoms with Crippen LogP contribution in [0, 0.1) is 0 Å². The van der Waals surface area contributed by atoms with Gasteiger partial charge < -0.3 is 39.5 Å². The Morgan fingerprint density at radius 2 is 1.61 bits per heavy atom. The van der Waals surface area contributed by atoms with Crippen molar-refractivity contribution in [1.29, 1.82) is 0 Å². The van der Waals surface area contributed by atoms with E-state index >= 15 is 0 Å². The molecule has 1 fully saturated rings. The van der Waals surface area contributed by atoms with Crippen molar-refractivity contribution in [3.63, 3.8) is 0 Å². The maximum absolute atomic E-state index is 12.1. The Morgan fingerprint density at radius 3 is 2.34 bits per heavy atom. The number of aliphatic hydroxyl groups is 2. The van der Waals surface area contributed by atoms with Gasteiger partial charge in [0.1, 0.15) is 18.3 Å². The number of rotatable bonds is 8. The van der Waals surface area contributed by atoms with E-state index in [0.717, 1.165) is 38.0 Å². The molecule has 17 heteroatoms. The first kappa shape index (κ1) is 29.5. The molecular formula is C27H24ClN5O9P2. The predicted octanol–water partition coefficient (Wildman–Crippen LogP) is 4.08. The number of anilines is 2. The molecule has 0 aliphatic carbocycles. The fourth-order valence-electron chi connectivity index (χ4n) is 5.70. The van der Waals surface area contributed by atoms with Crippen LogP contribution in [0.4, 0.5) is 11.5 Å². The molecule has 4 aromatic carbocycles. The van der Waals surface area contributed by atoms with Gasteiger partial charge in [-0.2, -0.15) is 9.97 Å². The van der Waals surface area contributed by atoms with E-state index in [2.05, 4.69) is 50.6 Å². The summed E-state index contributed by atoms with van der Waals surface area (Å²) in [7, 11) is -9.57. The Kier molecular flexibility index (Phi) is 7.15. The molecule has 1 aliphatic rings. The third-order valence-corrected chi connectivity index (χ3v) is 11.2. The van der Waals surface area contributed by atoms with Crippen LogP contribution in [0.5, 0.6) is 0 Å². The Labute approximate surface area is 252 Å². The van der Waals surface area contributed by atoms with Gasteiger partial charge in [0, 0.05) is 11.1 Å². The van der Waals surface area contributed by atoms with E-state index in [1.807, 2.05) is 24.3 Å². The van der Waals surface area contributed by atoms with Crippen LogP contribution in [0.1, 0.15) is 6.23 Å². The molecule has 3 heterocycles. The quantitative estimate of drug-likeness (QED) is 0.0774. The number of ether oxygens (including phenoxy) is 1. The monoisotopic (exact) mass is 659 g/mol. The van der Waals surface area contributed by atoms with Gasteiger partial charge in [-0.05, 0) is 44.6 Å². The van der Waals surface area contributed by atoms with Gasteiger partial charge in [-0.1, -0.05) is 48.5 Å². The van der Waals surface area contributed by atoms with Crippen molar-refractivity contribution < 1.29 is 43.3 Å². The summed E-state index contributed by atoms with van der Waals surface area (Å²) in [6.07, 6.45) is -4.41. The predicted molar refractivity (Wildman–Crippen MR) is 162 cm³/mol. The molecule has 2 aromatic heterocycles. The lowest BCUT2D eigenvalue weighted by atomic mass is 9.93. The van der Waals surface area contributed by atoms with Crippen molar-refractivity contribution in [2.75, 3.05) is 17.8 Å². The van der Waals surface area contributed by atoms with Crippen LogP contribution < -0.4 is 5.32 Å². The molecule has 1 saturated heterocycles. The number of halogens is 1. The van der Waals surface area contributed by atoms with Crippen molar-refractivity contribution in [1.82, 2.24) is 19.5 Å². The molecule has 0 saturated carbocycles. The third-order valence-electron chi connectivity index (χ3n) is 7.59. The van der Waals surface area contributed by atoms with Gasteiger partial charge in [-0.3, -0.25) is 13.7 Å². The highest BCUT2D eigenvalue weighted by molar-refractivity contribution is 7.70. The number of nitrogens with one attached hydrogen (secondary N) is 1. The standard InChI is InChI=1S/C27H24ClN5O9P2/c28-27-31-24(30-17-9-7-15-5-4-13-2-1-3-14-6-8-16(17)20(15)19(13)14)21-25(32-27)33(11-29-21)26-23(35)22(34)18(42-26)10-41-44(39,40)12-43(36,37)38/h1-9,11,18,22-23,26,34-35H,10,12H2,(H,39,40)(H,30,31,32)(H2,36,37,38). The minimum Gasteiger partial charge on any atom is -0.387 e. The molecule has 0 spiro atoms. The van der Waals surface area contributed by atoms with Gasteiger partial charge >= 0.3 is 15.2 Å². The van der Waals surface area contributed by atoms with Crippen molar-refractivity contribution in [2.24, 2.45) is 0 Å². The molecule has 228 valence electrons. The van der Waals surface area contributed by atoms with Gasteiger partial charge in [-0.15, -0.1) is 0 Å². The molecule has 5 atom stereocenters. The van der Waals surface area contributed by atoms with Crippen molar-refractivity contribution >= 4 is 81.8 Å². The van der Waals surface area contributed by atoms with E-state index < -0.39 is 52.2 Å². The molecule has 1 aliphatic heterocycles. The highest BCUT2D eigenvalue weighted by Crippen LogP contribution is 2.55. The Balaban J connectivity index is 1.21. The van der Waals surface area contributed by atoms with Gasteiger partial charge in [0.2, 0.25) is 5.28 Å². The number of benzene rings is 4. The lowest BCUT2D eigenvalue weighted by molar-refractivity contribution is -0.0483. The Hall–Kier alpha value is -3.26. The summed E-state index contributed by atoms with van der Waals surface area (Å²) < 4.78 is 35.0. The lowest BCUT2D eigenvalue weighted by Crippen LogP contribution is -2.33. The van der Waals surface area contributed by atoms with Crippen LogP contribution in [-0.4, -0.2) is 75.2 Å². The normalized spacial score (nSPS) is 22.4. The van der Waals surface area contributed by atoms with E-state index in [4.69, 9.17) is 30.6 Å². The third kappa shape index (κ3) is 5.23. The molecule has 6 N–H and O–H groups in total. The number of aliphatic hydroxyl groups excluding tert-OH is 2. The van der Waals surface area contributed by atoms with Crippen LogP contribution in [-0.2, 0) is 18.4 Å². The lowest BCUT2D eigenvalue weighted by Gasteiger charge is -2.18. The summed E-state index contributed by atoms with van der Waals surface area (Å²) in [5.41, 5.74) is 1.19. The van der Waals surface area contributed by atoms with Gasteiger partial charge in [0.05, 0.1) is 12.9 Å². The summed E-state index contributed by atoms with van der Waals surface area (Å²) in [5.74, 6) is -1.13. The second kappa shape index (κ2) is 10.7. The molecule has 14 nitrogen and oxygen atoms in total. The summed E-state index contributed by atoms with van der Waals surface area (Å²) >= 11 is 6.32. The van der Waals surface area contributed by atoms with Crippen LogP contribution in [0.15, 0.2) is 60.9 Å². The minimum atomic E-state index is -4.86. The maximum atomic E-state index is 12.1. The van der Waals surface area contributed by atoms with E-state index in [1.54, 1.807) is 0 Å². The first-order chi connectivity index (χ1) is 20.9. The molecule has 0 amide bonds. The summed E-state index contributed by atoms with van der Waals surface area (Å²) in [6, 6.07) is 18.3. The second-order valence-corrected chi connectivity index (χ2v) is 14.9. The number of hydrogen-bond acceptors (Lipinski definition) is 10. The van der Waals surface area contributed by atoms with Crippen LogP contribution >= 0.6 is 26.8 Å². The van der Waals surface area contributed by atoms with E-state index in [1.165, 1.54) is 10.9 Å². The topological polar surface area (TPSA) is 209 Å². The van der Waals surface area contributed by atoms with Gasteiger partial charge in [-0.25, -0.2) is 4.98 Å². The average molecular weight is 660 g/mol. The largest absolute Gasteiger partial charge is 0.387 e. The molecule has 6 aromatic rings. The zero-order valence-electron chi connectivity index (χ0n) is 22.4. The summed E-state index contributed by atoms with van der Waals surface area (Å²) in [5, 5.41) is 31.0. The number of aromatic nitrogens is 4. The molecule has 44 heavy (non-hydrogen) atoms. The minimum absolute atomic E-state index is 0.133. The summed E-state index contributed by atoms with van der Waals surface area (Å²) in [4.78, 5) is 40.8. The van der Waals surface area contributed by atoms with Crippen LogP contribution in [0.3, 0.4) is 0 Å². The summed E-state index contributed by atoms with van der Waals surface area (Å²) in [6.45, 7) is -0.730. The van der Waals surface area contributed by atoms with Crippen molar-refractivity contribution in [3.8, 4) is 0 Å². The van der Waals surface area contributed by atoms with Crippen LogP contribution in [0.2, 0.25) is 5.28 Å². The SMILES string of the molecule is O=P(O)(O)CP(=O)(O)OCC1OC(n2cnc3c(Nc4ccc5ccc6cccc7ccc4c5c67)nc(Cl)nc32)C(O)C1O. The number of hydrogen-bond donors (Lipinski definition) is 6. The van der Waals surface area contributed by atoms with E-state index in [-0.39, 0.29) is 22.3 Å². The maximum Gasteiger partial charge on any atom is 0.340 e. The fourth-order valence-corrected chi connectivity index (χ4v) is 8.43. The van der Waals surface area contributed by atoms with Crippen molar-refractivity contribution in [2.45, 2.75) is 24.5 Å². The van der Waals surface area contributed by atoms with Crippen molar-refractivity contribution in [3.05, 3.63) is 66.2 Å². The Morgan fingerprint density at radius 1 is 0.932 bits per heavy atom. The molecule has 7 rings (SSSR count). The van der Waals surface area contributed by atoms with Crippen LogP contribution in [0.25, 0.3) is 43.5 Å². The fraction of sp³-hybridized carbons (Fsp3) is 0.222. The smallest absolute Gasteiger partial charge is 0.340 e. The zero-order valence-corrected chi connectivity index (χ0v) is 25.0. The average Bonchev–Trinajstić information content (AvgIpc) is 3.50. The molecule has 0 radical (unpaired) electrons. The highest BCUT2D eigenvalue weighted by Gasteiger charge is 2.45. The first-order valence-electron chi connectivity index (χ1n) is 13.2. The second-order valence-electron chi connectivity index (χ2n) is 10.5. The van der Waals surface area contributed by atoms with Gasteiger partial charge in [0.25, 0.3) is 0 Å². The number of fused-ring (bicyclic) bond motifs is 1. The first-order valence-corrected chi connectivity index (χ1v) is 17.2. The molecule has 0 bridgehead atoms. The van der Waals surface area contributed by atoms with E-state index in [0.29, 0.717) is 0 Å². The van der Waals surface area contributed by atoms with E-state index in [9.17, 15) is 24.2 Å². The molecule has 5 unspecified atom stereocenters. The van der Waals surface area contributed by atoms with Gasteiger partial charge in [0.15, 0.2) is 29.1 Å². The number of imidazole rings is 1. The highest BCUT2D eigenvalue weighted by atomic mass is 35.5. The Bertz CT molecular complexity index is 2140. The zero-order chi connectivity index (χ0) is 31.0. The molecular weight excluding hydrogens is 636 g/mol. The number of nitrogens with zero attached hydrogens (tertiary/aromatic N) is 4.